The van der Waals surface area contributed by atoms with Gasteiger partial charge >= 0.3 is 0 Å². The molecule has 1 N–H and O–H groups in total. The second-order valence-corrected chi connectivity index (χ2v) is 2.06. The molecule has 58 valence electrons. The second-order valence-electron chi connectivity index (χ2n) is 2.06. The Kier molecular flexibility index (Phi) is 2.15. The van der Waals surface area contributed by atoms with Crippen molar-refractivity contribution in [3.8, 4) is 0 Å². The number of aryl methyl sites for hydroxylation is 1. The summed E-state index contributed by atoms with van der Waals surface area (Å²) in [6, 6.07) is 2.82. The van der Waals surface area contributed by atoms with Crippen molar-refractivity contribution in [2.24, 2.45) is 5.16 Å². The molecule has 0 aliphatic rings. The molecule has 0 spiro atoms. The first-order valence-corrected chi connectivity index (χ1v) is 3.04. The third-order valence-electron chi connectivity index (χ3n) is 1.19. The predicted octanol–water partition coefficient (Wildman–Crippen LogP) is 1.34. The van der Waals surface area contributed by atoms with Crippen molar-refractivity contribution >= 4 is 6.21 Å². The number of hydrogen-bond donors (Lipinski definition) is 1. The van der Waals surface area contributed by atoms with E-state index in [0.29, 0.717) is 5.69 Å². The molecular weight excluding hydrogens is 147 g/mol. The van der Waals surface area contributed by atoms with E-state index in [1.54, 1.807) is 13.0 Å². The number of oxime groups is 1. The largest absolute Gasteiger partial charge is 0.411 e. The summed E-state index contributed by atoms with van der Waals surface area (Å²) >= 11 is 0. The van der Waals surface area contributed by atoms with E-state index in [1.807, 2.05) is 0 Å². The van der Waals surface area contributed by atoms with Gasteiger partial charge in [-0.3, -0.25) is 0 Å². The van der Waals surface area contributed by atoms with E-state index in [0.717, 1.165) is 6.21 Å². The molecule has 0 bridgehead atoms. The Bertz CT molecular complexity index is 286. The molecule has 0 aromatic carbocycles. The zero-order chi connectivity index (χ0) is 8.27. The Morgan fingerprint density at radius 3 is 3.00 bits per heavy atom. The van der Waals surface area contributed by atoms with Crippen LogP contribution in [0.25, 0.3) is 0 Å². The highest BCUT2D eigenvalue weighted by Crippen LogP contribution is 2.02. The van der Waals surface area contributed by atoms with Crippen molar-refractivity contribution < 1.29 is 9.60 Å². The van der Waals surface area contributed by atoms with Crippen LogP contribution in [-0.4, -0.2) is 16.4 Å². The van der Waals surface area contributed by atoms with Crippen molar-refractivity contribution in [1.29, 1.82) is 0 Å². The molecule has 0 aliphatic heterocycles. The second kappa shape index (κ2) is 3.09. The third-order valence-corrected chi connectivity index (χ3v) is 1.19. The summed E-state index contributed by atoms with van der Waals surface area (Å²) in [7, 11) is 0. The molecular formula is C7H7FN2O. The Morgan fingerprint density at radius 2 is 2.36 bits per heavy atom. The predicted molar refractivity (Wildman–Crippen MR) is 38.3 cm³/mol. The first-order valence-electron chi connectivity index (χ1n) is 3.04. The summed E-state index contributed by atoms with van der Waals surface area (Å²) < 4.78 is 12.7. The van der Waals surface area contributed by atoms with E-state index in [1.165, 1.54) is 6.07 Å². The summed E-state index contributed by atoms with van der Waals surface area (Å²) in [6.45, 7) is 1.73. The quantitative estimate of drug-likeness (QED) is 0.377. The lowest BCUT2D eigenvalue weighted by atomic mass is 10.3. The normalized spacial score (nSPS) is 10.7. The first-order chi connectivity index (χ1) is 5.24. The fourth-order valence-electron chi connectivity index (χ4n) is 0.705. The van der Waals surface area contributed by atoms with E-state index in [9.17, 15) is 4.39 Å². The van der Waals surface area contributed by atoms with E-state index >= 15 is 0 Å². The molecule has 0 saturated carbocycles. The molecule has 0 atom stereocenters. The SMILES string of the molecule is Cc1ccc(F)c(/C=N/O)n1. The van der Waals surface area contributed by atoms with Crippen LogP contribution in [0.3, 0.4) is 0 Å². The Morgan fingerprint density at radius 1 is 1.64 bits per heavy atom. The molecule has 3 nitrogen and oxygen atoms in total. The van der Waals surface area contributed by atoms with Crippen LogP contribution in [0, 0.1) is 12.7 Å². The minimum Gasteiger partial charge on any atom is -0.411 e. The van der Waals surface area contributed by atoms with E-state index < -0.39 is 5.82 Å². The van der Waals surface area contributed by atoms with E-state index in [-0.39, 0.29) is 5.69 Å². The first kappa shape index (κ1) is 7.65. The van der Waals surface area contributed by atoms with Gasteiger partial charge in [-0.25, -0.2) is 9.37 Å². The highest BCUT2D eigenvalue weighted by atomic mass is 19.1. The minimum absolute atomic E-state index is 0.0486. The van der Waals surface area contributed by atoms with Gasteiger partial charge in [-0.05, 0) is 19.1 Å². The standard InChI is InChI=1S/C7H7FN2O/c1-5-2-3-6(8)7(10-5)4-9-11/h2-4,11H,1H3/b9-4+. The van der Waals surface area contributed by atoms with Crippen molar-refractivity contribution in [2.75, 3.05) is 0 Å². The number of pyridine rings is 1. The molecule has 1 heterocycles. The van der Waals surface area contributed by atoms with E-state index in [4.69, 9.17) is 5.21 Å². The van der Waals surface area contributed by atoms with Crippen LogP contribution in [0.1, 0.15) is 11.4 Å². The molecule has 0 unspecified atom stereocenters. The Labute approximate surface area is 63.2 Å². The number of halogens is 1. The van der Waals surface area contributed by atoms with Gasteiger partial charge in [0.25, 0.3) is 0 Å². The third kappa shape index (κ3) is 1.73. The maximum atomic E-state index is 12.7. The smallest absolute Gasteiger partial charge is 0.150 e. The monoisotopic (exact) mass is 154 g/mol. The number of hydrogen-bond acceptors (Lipinski definition) is 3. The highest BCUT2D eigenvalue weighted by molar-refractivity contribution is 5.76. The highest BCUT2D eigenvalue weighted by Gasteiger charge is 1.99. The van der Waals surface area contributed by atoms with Gasteiger partial charge in [-0.15, -0.1) is 0 Å². The minimum atomic E-state index is -0.492. The van der Waals surface area contributed by atoms with Gasteiger partial charge in [-0.2, -0.15) is 0 Å². The Hall–Kier alpha value is -1.45. The number of aromatic nitrogens is 1. The zero-order valence-corrected chi connectivity index (χ0v) is 5.95. The zero-order valence-electron chi connectivity index (χ0n) is 5.95. The molecule has 4 heteroatoms. The maximum absolute atomic E-state index is 12.7. The number of nitrogens with zero attached hydrogens (tertiary/aromatic N) is 2. The van der Waals surface area contributed by atoms with Crippen molar-refractivity contribution in [3.63, 3.8) is 0 Å². The van der Waals surface area contributed by atoms with Gasteiger partial charge < -0.3 is 5.21 Å². The van der Waals surface area contributed by atoms with Crippen LogP contribution in [0.5, 0.6) is 0 Å². The number of rotatable bonds is 1. The fraction of sp³-hybridized carbons (Fsp3) is 0.143. The van der Waals surface area contributed by atoms with Crippen molar-refractivity contribution in [3.05, 3.63) is 29.3 Å². The molecule has 0 aliphatic carbocycles. The van der Waals surface area contributed by atoms with Gasteiger partial charge in [0.2, 0.25) is 0 Å². The van der Waals surface area contributed by atoms with Gasteiger partial charge in [-0.1, -0.05) is 5.16 Å². The molecule has 1 rings (SSSR count). The van der Waals surface area contributed by atoms with Crippen LogP contribution in [0.15, 0.2) is 17.3 Å². The molecule has 1 aromatic heterocycles. The van der Waals surface area contributed by atoms with Crippen LogP contribution in [0.2, 0.25) is 0 Å². The average molecular weight is 154 g/mol. The molecule has 0 radical (unpaired) electrons. The van der Waals surface area contributed by atoms with Crippen LogP contribution < -0.4 is 0 Å². The lowest BCUT2D eigenvalue weighted by Gasteiger charge is -1.95. The topological polar surface area (TPSA) is 45.5 Å². The summed E-state index contributed by atoms with van der Waals surface area (Å²) in [5.74, 6) is -0.492. The molecule has 0 saturated heterocycles. The maximum Gasteiger partial charge on any atom is 0.150 e. The van der Waals surface area contributed by atoms with Gasteiger partial charge in [0.1, 0.15) is 5.69 Å². The van der Waals surface area contributed by atoms with Crippen molar-refractivity contribution in [1.82, 2.24) is 4.98 Å². The Balaban J connectivity index is 3.12. The summed E-state index contributed by atoms with van der Waals surface area (Å²) in [5.41, 5.74) is 0.730. The molecule has 1 aromatic rings. The van der Waals surface area contributed by atoms with E-state index in [2.05, 4.69) is 10.1 Å². The summed E-state index contributed by atoms with van der Waals surface area (Å²) in [6.07, 6.45) is 0.961. The average Bonchev–Trinajstić information content (AvgIpc) is 1.98. The lowest BCUT2D eigenvalue weighted by Crippen LogP contribution is -1.94. The van der Waals surface area contributed by atoms with Crippen LogP contribution in [-0.2, 0) is 0 Å². The van der Waals surface area contributed by atoms with Gasteiger partial charge in [0.15, 0.2) is 5.82 Å². The van der Waals surface area contributed by atoms with Gasteiger partial charge in [0.05, 0.1) is 6.21 Å². The van der Waals surface area contributed by atoms with Crippen molar-refractivity contribution in [2.45, 2.75) is 6.92 Å². The van der Waals surface area contributed by atoms with Crippen LogP contribution >= 0.6 is 0 Å². The van der Waals surface area contributed by atoms with Crippen LogP contribution in [0.4, 0.5) is 4.39 Å². The summed E-state index contributed by atoms with van der Waals surface area (Å²) in [5, 5.41) is 10.8. The molecule has 0 fully saturated rings. The lowest BCUT2D eigenvalue weighted by molar-refractivity contribution is 0.321. The van der Waals surface area contributed by atoms with Gasteiger partial charge in [0, 0.05) is 5.69 Å². The molecule has 11 heavy (non-hydrogen) atoms. The summed E-state index contributed by atoms with van der Waals surface area (Å²) in [4.78, 5) is 3.78. The fourth-order valence-corrected chi connectivity index (χ4v) is 0.705. The molecule has 0 amide bonds.